The molecule has 1 aliphatic rings. The van der Waals surface area contributed by atoms with E-state index in [1.54, 1.807) is 11.3 Å². The molecule has 1 fully saturated rings. The zero-order chi connectivity index (χ0) is 13.9. The molecule has 0 spiro atoms. The van der Waals surface area contributed by atoms with E-state index >= 15 is 0 Å². The lowest BCUT2D eigenvalue weighted by Crippen LogP contribution is -2.35. The fourth-order valence-electron chi connectivity index (χ4n) is 2.67. The van der Waals surface area contributed by atoms with Crippen LogP contribution in [-0.4, -0.2) is 34.7 Å². The highest BCUT2D eigenvalue weighted by Crippen LogP contribution is 2.27. The van der Waals surface area contributed by atoms with Gasteiger partial charge in [0.15, 0.2) is 0 Å². The summed E-state index contributed by atoms with van der Waals surface area (Å²) >= 11 is 1.78. The second-order valence-corrected chi connectivity index (χ2v) is 7.51. The zero-order valence-corrected chi connectivity index (χ0v) is 13.2. The van der Waals surface area contributed by atoms with Crippen LogP contribution < -0.4 is 0 Å². The van der Waals surface area contributed by atoms with Gasteiger partial charge in [-0.05, 0) is 31.7 Å². The summed E-state index contributed by atoms with van der Waals surface area (Å²) in [5.41, 5.74) is 1.36. The summed E-state index contributed by atoms with van der Waals surface area (Å²) in [6, 6.07) is 0. The first-order chi connectivity index (χ1) is 8.99. The second-order valence-electron chi connectivity index (χ2n) is 6.65. The van der Waals surface area contributed by atoms with Crippen molar-refractivity contribution in [3.63, 3.8) is 0 Å². The van der Waals surface area contributed by atoms with Gasteiger partial charge >= 0.3 is 0 Å². The first-order valence-electron chi connectivity index (χ1n) is 7.27. The van der Waals surface area contributed by atoms with Crippen LogP contribution in [0.4, 0.5) is 0 Å². The standard InChI is InChI=1S/C15H26N2OS/c1-15(2,3)14-16-13(11-19-14)10-17-7-4-5-12(9-17)6-8-18/h11-12,18H,4-10H2,1-3H3. The van der Waals surface area contributed by atoms with E-state index in [1.807, 2.05) is 0 Å². The molecule has 0 saturated carbocycles. The smallest absolute Gasteiger partial charge is 0.0982 e. The SMILES string of the molecule is CC(C)(C)c1nc(CN2CCCC(CCO)C2)cs1. The summed E-state index contributed by atoms with van der Waals surface area (Å²) in [5.74, 6) is 0.666. The average Bonchev–Trinajstić information content (AvgIpc) is 2.78. The van der Waals surface area contributed by atoms with Gasteiger partial charge < -0.3 is 5.11 Å². The normalized spacial score (nSPS) is 21.8. The maximum Gasteiger partial charge on any atom is 0.0982 e. The fraction of sp³-hybridized carbons (Fsp3) is 0.800. The Morgan fingerprint density at radius 1 is 1.47 bits per heavy atom. The maximum atomic E-state index is 9.06. The molecule has 0 aliphatic carbocycles. The van der Waals surface area contributed by atoms with E-state index < -0.39 is 0 Å². The minimum Gasteiger partial charge on any atom is -0.396 e. The number of rotatable bonds is 4. The molecule has 0 radical (unpaired) electrons. The average molecular weight is 282 g/mol. The Morgan fingerprint density at radius 2 is 2.26 bits per heavy atom. The van der Waals surface area contributed by atoms with Crippen LogP contribution in [0.3, 0.4) is 0 Å². The number of hydrogen-bond acceptors (Lipinski definition) is 4. The minimum atomic E-state index is 0.157. The predicted molar refractivity (Wildman–Crippen MR) is 80.5 cm³/mol. The summed E-state index contributed by atoms with van der Waals surface area (Å²) in [7, 11) is 0. The van der Waals surface area contributed by atoms with Gasteiger partial charge in [0.25, 0.3) is 0 Å². The summed E-state index contributed by atoms with van der Waals surface area (Å²) in [5, 5.41) is 12.5. The molecule has 19 heavy (non-hydrogen) atoms. The molecule has 0 bridgehead atoms. The van der Waals surface area contributed by atoms with Gasteiger partial charge in [-0.2, -0.15) is 0 Å². The Balaban J connectivity index is 1.92. The monoisotopic (exact) mass is 282 g/mol. The van der Waals surface area contributed by atoms with Gasteiger partial charge in [0.1, 0.15) is 0 Å². The van der Waals surface area contributed by atoms with Crippen LogP contribution in [0.1, 0.15) is 50.7 Å². The van der Waals surface area contributed by atoms with E-state index in [-0.39, 0.29) is 5.41 Å². The number of likely N-dealkylation sites (tertiary alicyclic amines) is 1. The number of thiazole rings is 1. The van der Waals surface area contributed by atoms with E-state index in [0.29, 0.717) is 12.5 Å². The summed E-state index contributed by atoms with van der Waals surface area (Å²) in [6.07, 6.45) is 3.46. The third-order valence-electron chi connectivity index (χ3n) is 3.72. The number of aromatic nitrogens is 1. The van der Waals surface area contributed by atoms with Gasteiger partial charge in [-0.3, -0.25) is 4.90 Å². The van der Waals surface area contributed by atoms with Gasteiger partial charge in [0.05, 0.1) is 10.7 Å². The van der Waals surface area contributed by atoms with Gasteiger partial charge in [0, 0.05) is 30.5 Å². The zero-order valence-electron chi connectivity index (χ0n) is 12.4. The van der Waals surface area contributed by atoms with Crippen molar-refractivity contribution in [3.05, 3.63) is 16.1 Å². The van der Waals surface area contributed by atoms with Crippen molar-refractivity contribution < 1.29 is 5.11 Å². The molecule has 1 saturated heterocycles. The molecule has 0 amide bonds. The van der Waals surface area contributed by atoms with E-state index in [0.717, 1.165) is 19.5 Å². The van der Waals surface area contributed by atoms with Crippen molar-refractivity contribution in [2.45, 2.75) is 52.0 Å². The Bertz CT molecular complexity index is 395. The second kappa shape index (κ2) is 6.33. The van der Waals surface area contributed by atoms with Crippen LogP contribution >= 0.6 is 11.3 Å². The quantitative estimate of drug-likeness (QED) is 0.922. The minimum absolute atomic E-state index is 0.157. The van der Waals surface area contributed by atoms with E-state index in [4.69, 9.17) is 10.1 Å². The molecule has 1 aliphatic heterocycles. The molecule has 2 rings (SSSR count). The summed E-state index contributed by atoms with van der Waals surface area (Å²) in [6.45, 7) is 10.2. The van der Waals surface area contributed by atoms with E-state index in [1.165, 1.54) is 30.1 Å². The van der Waals surface area contributed by atoms with Crippen molar-refractivity contribution in [3.8, 4) is 0 Å². The third-order valence-corrected chi connectivity index (χ3v) is 5.04. The Labute approximate surface area is 120 Å². The van der Waals surface area contributed by atoms with Gasteiger partial charge in [-0.15, -0.1) is 11.3 Å². The largest absolute Gasteiger partial charge is 0.396 e. The Hall–Kier alpha value is -0.450. The van der Waals surface area contributed by atoms with Crippen LogP contribution in [0.2, 0.25) is 0 Å². The molecule has 108 valence electrons. The van der Waals surface area contributed by atoms with Crippen LogP contribution in [-0.2, 0) is 12.0 Å². The molecule has 3 nitrogen and oxygen atoms in total. The molecule has 0 aromatic carbocycles. The molecule has 4 heteroatoms. The molecule has 2 heterocycles. The van der Waals surface area contributed by atoms with Crippen LogP contribution in [0.25, 0.3) is 0 Å². The molecule has 1 aromatic rings. The van der Waals surface area contributed by atoms with Crippen molar-refractivity contribution in [2.75, 3.05) is 19.7 Å². The molecule has 1 unspecified atom stereocenters. The topological polar surface area (TPSA) is 36.4 Å². The van der Waals surface area contributed by atoms with Crippen LogP contribution in [0.5, 0.6) is 0 Å². The Kier molecular flexibility index (Phi) is 4.98. The van der Waals surface area contributed by atoms with Crippen LogP contribution in [0, 0.1) is 5.92 Å². The molecule has 1 atom stereocenters. The lowest BCUT2D eigenvalue weighted by molar-refractivity contribution is 0.141. The lowest BCUT2D eigenvalue weighted by Gasteiger charge is -2.32. The summed E-state index contributed by atoms with van der Waals surface area (Å²) in [4.78, 5) is 7.27. The number of nitrogens with zero attached hydrogens (tertiary/aromatic N) is 2. The highest BCUT2D eigenvalue weighted by Gasteiger charge is 2.22. The first-order valence-corrected chi connectivity index (χ1v) is 8.15. The molecule has 1 aromatic heterocycles. The molecule has 1 N–H and O–H groups in total. The van der Waals surface area contributed by atoms with Crippen LogP contribution in [0.15, 0.2) is 5.38 Å². The molecular formula is C15H26N2OS. The van der Waals surface area contributed by atoms with Crippen molar-refractivity contribution in [1.29, 1.82) is 0 Å². The number of piperidine rings is 1. The number of aliphatic hydroxyl groups is 1. The fourth-order valence-corrected chi connectivity index (χ4v) is 3.56. The van der Waals surface area contributed by atoms with E-state index in [9.17, 15) is 0 Å². The van der Waals surface area contributed by atoms with E-state index in [2.05, 4.69) is 31.1 Å². The number of hydrogen-bond donors (Lipinski definition) is 1. The van der Waals surface area contributed by atoms with Gasteiger partial charge in [-0.25, -0.2) is 4.98 Å². The summed E-state index contributed by atoms with van der Waals surface area (Å²) < 4.78 is 0. The molecular weight excluding hydrogens is 256 g/mol. The van der Waals surface area contributed by atoms with Crippen molar-refractivity contribution in [1.82, 2.24) is 9.88 Å². The maximum absolute atomic E-state index is 9.06. The highest BCUT2D eigenvalue weighted by molar-refractivity contribution is 7.09. The van der Waals surface area contributed by atoms with Gasteiger partial charge in [0.2, 0.25) is 0 Å². The van der Waals surface area contributed by atoms with Crippen molar-refractivity contribution in [2.24, 2.45) is 5.92 Å². The third kappa shape index (κ3) is 4.26. The lowest BCUT2D eigenvalue weighted by atomic mass is 9.95. The van der Waals surface area contributed by atoms with Gasteiger partial charge in [-0.1, -0.05) is 20.8 Å². The first kappa shape index (κ1) is 14.9. The number of aliphatic hydroxyl groups excluding tert-OH is 1. The predicted octanol–water partition coefficient (Wildman–Crippen LogP) is 3.04. The highest BCUT2D eigenvalue weighted by atomic mass is 32.1. The Morgan fingerprint density at radius 3 is 2.89 bits per heavy atom. The van der Waals surface area contributed by atoms with Crippen molar-refractivity contribution >= 4 is 11.3 Å².